The van der Waals surface area contributed by atoms with Crippen molar-refractivity contribution in [1.29, 1.82) is 0 Å². The molecule has 0 fully saturated rings. The molecule has 2 aromatic rings. The minimum atomic E-state index is -0.229. The van der Waals surface area contributed by atoms with Crippen molar-refractivity contribution in [3.8, 4) is 11.5 Å². The van der Waals surface area contributed by atoms with Crippen LogP contribution < -0.4 is 15.0 Å². The van der Waals surface area contributed by atoms with E-state index in [9.17, 15) is 14.7 Å². The molecule has 6 heteroatoms. The number of carbonyl (C=O) groups is 2. The van der Waals surface area contributed by atoms with Crippen LogP contribution in [-0.2, 0) is 9.59 Å². The Morgan fingerprint density at radius 1 is 1.19 bits per heavy atom. The molecule has 6 nitrogen and oxygen atoms in total. The smallest absolute Gasteiger partial charge is 0.228 e. The Hall–Kier alpha value is -3.28. The predicted octanol–water partition coefficient (Wildman–Crippen LogP) is 3.60. The number of aryl methyl sites for hydroxylation is 1. The number of ether oxygens (including phenoxy) is 1. The van der Waals surface area contributed by atoms with Crippen LogP contribution in [0.4, 0.5) is 11.4 Å². The van der Waals surface area contributed by atoms with Gasteiger partial charge in [-0.05, 0) is 42.8 Å². The molecule has 0 bridgehead atoms. The summed E-state index contributed by atoms with van der Waals surface area (Å²) in [5.74, 6) is 0.243. The van der Waals surface area contributed by atoms with Crippen molar-refractivity contribution in [2.45, 2.75) is 20.8 Å². The van der Waals surface area contributed by atoms with Crippen molar-refractivity contribution in [3.63, 3.8) is 0 Å². The highest BCUT2D eigenvalue weighted by atomic mass is 16.5. The van der Waals surface area contributed by atoms with Gasteiger partial charge in [-0.1, -0.05) is 12.1 Å². The van der Waals surface area contributed by atoms with Gasteiger partial charge in [-0.15, -0.1) is 0 Å². The van der Waals surface area contributed by atoms with Crippen LogP contribution >= 0.6 is 0 Å². The van der Waals surface area contributed by atoms with Gasteiger partial charge in [0.1, 0.15) is 18.1 Å². The first-order chi connectivity index (χ1) is 12.4. The summed E-state index contributed by atoms with van der Waals surface area (Å²) in [5.41, 5.74) is 1.96. The number of rotatable bonds is 6. The van der Waals surface area contributed by atoms with Gasteiger partial charge in [0, 0.05) is 31.8 Å². The molecule has 0 aliphatic carbocycles. The van der Waals surface area contributed by atoms with Gasteiger partial charge >= 0.3 is 0 Å². The summed E-state index contributed by atoms with van der Waals surface area (Å²) >= 11 is 0. The molecule has 0 radical (unpaired) electrons. The molecule has 2 aromatic carbocycles. The van der Waals surface area contributed by atoms with E-state index in [1.54, 1.807) is 48.7 Å². The molecule has 26 heavy (non-hydrogen) atoms. The van der Waals surface area contributed by atoms with Gasteiger partial charge in [0.2, 0.25) is 11.8 Å². The Labute approximate surface area is 152 Å². The summed E-state index contributed by atoms with van der Waals surface area (Å²) in [5, 5.41) is 12.7. The number of amides is 2. The molecule has 0 unspecified atom stereocenters. The molecule has 2 N–H and O–H groups in total. The second-order valence-corrected chi connectivity index (χ2v) is 5.79. The third-order valence-electron chi connectivity index (χ3n) is 3.48. The molecule has 136 valence electrons. The van der Waals surface area contributed by atoms with Crippen molar-refractivity contribution >= 4 is 23.2 Å². The van der Waals surface area contributed by atoms with Crippen LogP contribution in [0.1, 0.15) is 19.4 Å². The average Bonchev–Trinajstić information content (AvgIpc) is 2.55. The molecule has 0 atom stereocenters. The highest BCUT2D eigenvalue weighted by molar-refractivity contribution is 5.94. The Bertz CT molecular complexity index is 830. The fourth-order valence-electron chi connectivity index (χ4n) is 2.35. The molecule has 0 spiro atoms. The van der Waals surface area contributed by atoms with Crippen molar-refractivity contribution in [2.75, 3.05) is 16.8 Å². The van der Waals surface area contributed by atoms with Crippen LogP contribution in [0.5, 0.6) is 11.5 Å². The molecule has 0 heterocycles. The molecule has 0 saturated heterocycles. The zero-order valence-electron chi connectivity index (χ0n) is 15.0. The monoisotopic (exact) mass is 354 g/mol. The topological polar surface area (TPSA) is 78.9 Å². The first-order valence-electron chi connectivity index (χ1n) is 8.13. The first-order valence-corrected chi connectivity index (χ1v) is 8.13. The Balaban J connectivity index is 2.03. The van der Waals surface area contributed by atoms with Crippen LogP contribution in [0.3, 0.4) is 0 Å². The molecule has 2 rings (SSSR count). The van der Waals surface area contributed by atoms with Crippen molar-refractivity contribution in [3.05, 3.63) is 60.3 Å². The summed E-state index contributed by atoms with van der Waals surface area (Å²) in [6.45, 7) is 4.94. The van der Waals surface area contributed by atoms with E-state index in [-0.39, 0.29) is 24.2 Å². The lowest BCUT2D eigenvalue weighted by molar-refractivity contribution is -0.116. The standard InChI is InChI=1S/C20H22N2O4/c1-14-8-9-19(20(25)12-14)22(16(3)24)10-5-11-26-18-7-4-6-17(13-18)21-15(2)23/h4-10,12-13,25H,11H2,1-3H3,(H,21,23). The van der Waals surface area contributed by atoms with Gasteiger partial charge in [-0.25, -0.2) is 0 Å². The average molecular weight is 354 g/mol. The van der Waals surface area contributed by atoms with Crippen LogP contribution in [0.2, 0.25) is 0 Å². The maximum atomic E-state index is 11.9. The number of nitrogens with zero attached hydrogens (tertiary/aromatic N) is 1. The van der Waals surface area contributed by atoms with Crippen LogP contribution in [-0.4, -0.2) is 23.5 Å². The van der Waals surface area contributed by atoms with Crippen molar-refractivity contribution in [2.24, 2.45) is 0 Å². The van der Waals surface area contributed by atoms with E-state index in [0.29, 0.717) is 17.1 Å². The predicted molar refractivity (Wildman–Crippen MR) is 101 cm³/mol. The number of hydrogen-bond acceptors (Lipinski definition) is 4. The summed E-state index contributed by atoms with van der Waals surface area (Å²) < 4.78 is 5.61. The zero-order chi connectivity index (χ0) is 19.1. The van der Waals surface area contributed by atoms with Gasteiger partial charge in [-0.3, -0.25) is 14.5 Å². The summed E-state index contributed by atoms with van der Waals surface area (Å²) in [6.07, 6.45) is 3.23. The third kappa shape index (κ3) is 5.37. The molecule has 0 saturated carbocycles. The largest absolute Gasteiger partial charge is 0.506 e. The third-order valence-corrected chi connectivity index (χ3v) is 3.48. The summed E-state index contributed by atoms with van der Waals surface area (Å²) in [7, 11) is 0. The molecule has 0 aliphatic heterocycles. The van der Waals surface area contributed by atoms with Crippen LogP contribution in [0, 0.1) is 6.92 Å². The Morgan fingerprint density at radius 3 is 2.62 bits per heavy atom. The number of phenols is 1. The molecule has 0 aromatic heterocycles. The first kappa shape index (κ1) is 19.1. The van der Waals surface area contributed by atoms with Crippen LogP contribution in [0.25, 0.3) is 0 Å². The maximum absolute atomic E-state index is 11.9. The van der Waals surface area contributed by atoms with Gasteiger partial charge in [0.05, 0.1) is 5.69 Å². The Morgan fingerprint density at radius 2 is 1.96 bits per heavy atom. The van der Waals surface area contributed by atoms with Crippen molar-refractivity contribution < 1.29 is 19.4 Å². The molecule has 2 amide bonds. The van der Waals surface area contributed by atoms with Gasteiger partial charge in [0.25, 0.3) is 0 Å². The second kappa shape index (κ2) is 8.71. The minimum absolute atomic E-state index is 0.0359. The molecule has 0 aliphatic rings. The fourth-order valence-corrected chi connectivity index (χ4v) is 2.35. The highest BCUT2D eigenvalue weighted by Crippen LogP contribution is 2.28. The van der Waals surface area contributed by atoms with E-state index in [1.165, 1.54) is 18.7 Å². The lowest BCUT2D eigenvalue weighted by Crippen LogP contribution is -2.22. The second-order valence-electron chi connectivity index (χ2n) is 5.79. The number of nitrogens with one attached hydrogen (secondary N) is 1. The molecular formula is C20H22N2O4. The SMILES string of the molecule is CC(=O)Nc1cccc(OCC=CN(C(C)=O)c2ccc(C)cc2O)c1. The van der Waals surface area contributed by atoms with Gasteiger partial charge in [0.15, 0.2) is 0 Å². The number of aromatic hydroxyl groups is 1. The fraction of sp³-hybridized carbons (Fsp3) is 0.200. The lowest BCUT2D eigenvalue weighted by Gasteiger charge is -2.18. The van der Waals surface area contributed by atoms with E-state index in [4.69, 9.17) is 4.74 Å². The van der Waals surface area contributed by atoms with Gasteiger partial charge in [-0.2, -0.15) is 0 Å². The number of anilines is 2. The van der Waals surface area contributed by atoms with E-state index in [2.05, 4.69) is 5.32 Å². The number of carbonyl (C=O) groups excluding carboxylic acids is 2. The number of hydrogen-bond donors (Lipinski definition) is 2. The molecular weight excluding hydrogens is 332 g/mol. The maximum Gasteiger partial charge on any atom is 0.228 e. The normalized spacial score (nSPS) is 10.6. The highest BCUT2D eigenvalue weighted by Gasteiger charge is 2.12. The number of phenolic OH excluding ortho intramolecular Hbond substituents is 1. The quantitative estimate of drug-likeness (QED) is 0.831. The van der Waals surface area contributed by atoms with Crippen LogP contribution in [0.15, 0.2) is 54.7 Å². The zero-order valence-corrected chi connectivity index (χ0v) is 15.0. The van der Waals surface area contributed by atoms with E-state index in [1.807, 2.05) is 13.0 Å². The van der Waals surface area contributed by atoms with Gasteiger partial charge < -0.3 is 15.2 Å². The van der Waals surface area contributed by atoms with E-state index < -0.39 is 0 Å². The lowest BCUT2D eigenvalue weighted by atomic mass is 10.2. The van der Waals surface area contributed by atoms with E-state index >= 15 is 0 Å². The minimum Gasteiger partial charge on any atom is -0.506 e. The van der Waals surface area contributed by atoms with Crippen molar-refractivity contribution in [1.82, 2.24) is 0 Å². The number of benzene rings is 2. The summed E-state index contributed by atoms with van der Waals surface area (Å²) in [4.78, 5) is 24.3. The summed E-state index contributed by atoms with van der Waals surface area (Å²) in [6, 6.07) is 12.1. The Kier molecular flexibility index (Phi) is 6.38. The van der Waals surface area contributed by atoms with E-state index in [0.717, 1.165) is 5.56 Å².